The van der Waals surface area contributed by atoms with Gasteiger partial charge in [0.15, 0.2) is 0 Å². The summed E-state index contributed by atoms with van der Waals surface area (Å²) >= 11 is 4.20. The van der Waals surface area contributed by atoms with Crippen molar-refractivity contribution in [2.75, 3.05) is 17.2 Å². The van der Waals surface area contributed by atoms with Crippen molar-refractivity contribution in [3.63, 3.8) is 0 Å². The molecule has 0 atom stereocenters. The van der Waals surface area contributed by atoms with Crippen LogP contribution < -0.4 is 10.6 Å². The second-order valence-corrected chi connectivity index (χ2v) is 4.74. The third kappa shape index (κ3) is 2.64. The number of anilines is 1. The lowest BCUT2D eigenvalue weighted by Crippen LogP contribution is -2.36. The Bertz CT molecular complexity index is 420. The van der Waals surface area contributed by atoms with E-state index in [1.807, 2.05) is 17.0 Å². The Kier molecular flexibility index (Phi) is 4.07. The Morgan fingerprint density at radius 2 is 2.18 bits per heavy atom. The average molecular weight is 250 g/mol. The molecular formula is C13H18N2OS. The van der Waals surface area contributed by atoms with Gasteiger partial charge in [0.05, 0.1) is 0 Å². The number of benzene rings is 1. The second kappa shape index (κ2) is 5.56. The summed E-state index contributed by atoms with van der Waals surface area (Å²) < 4.78 is 0. The van der Waals surface area contributed by atoms with Crippen molar-refractivity contribution in [3.05, 3.63) is 29.3 Å². The van der Waals surface area contributed by atoms with Crippen LogP contribution >= 0.6 is 12.6 Å². The molecule has 1 aromatic rings. The van der Waals surface area contributed by atoms with Gasteiger partial charge in [-0.15, -0.1) is 0 Å². The van der Waals surface area contributed by atoms with Gasteiger partial charge in [-0.2, -0.15) is 12.6 Å². The van der Waals surface area contributed by atoms with E-state index in [-0.39, 0.29) is 5.91 Å². The van der Waals surface area contributed by atoms with Gasteiger partial charge in [-0.1, -0.05) is 12.1 Å². The van der Waals surface area contributed by atoms with Gasteiger partial charge in [0.1, 0.15) is 0 Å². The maximum absolute atomic E-state index is 11.9. The van der Waals surface area contributed by atoms with Gasteiger partial charge in [0.25, 0.3) is 0 Å². The number of thiol groups is 1. The summed E-state index contributed by atoms with van der Waals surface area (Å²) in [5, 5.41) is 0. The molecule has 0 saturated carbocycles. The van der Waals surface area contributed by atoms with Gasteiger partial charge in [0, 0.05) is 25.2 Å². The van der Waals surface area contributed by atoms with Crippen LogP contribution in [0.4, 0.5) is 5.69 Å². The fraction of sp³-hybridized carbons (Fsp3) is 0.462. The molecule has 0 aromatic heterocycles. The minimum Gasteiger partial charge on any atom is -0.326 e. The highest BCUT2D eigenvalue weighted by atomic mass is 32.1. The molecule has 0 bridgehead atoms. The smallest absolute Gasteiger partial charge is 0.227 e. The van der Waals surface area contributed by atoms with Gasteiger partial charge >= 0.3 is 0 Å². The zero-order chi connectivity index (χ0) is 12.3. The fourth-order valence-electron chi connectivity index (χ4n) is 2.21. The first kappa shape index (κ1) is 12.5. The second-order valence-electron chi connectivity index (χ2n) is 4.29. The molecule has 1 aromatic carbocycles. The van der Waals surface area contributed by atoms with E-state index in [2.05, 4.69) is 18.7 Å². The van der Waals surface area contributed by atoms with Crippen LogP contribution in [0.1, 0.15) is 24.0 Å². The SMILES string of the molecule is NCc1ccc2c(c1)CCC(=O)N2CCCS. The first-order valence-electron chi connectivity index (χ1n) is 5.99. The van der Waals surface area contributed by atoms with Crippen molar-refractivity contribution < 1.29 is 4.79 Å². The van der Waals surface area contributed by atoms with E-state index in [4.69, 9.17) is 5.73 Å². The standard InChI is InChI=1S/C13H18N2OS/c14-9-10-2-4-12-11(8-10)3-5-13(16)15(12)6-1-7-17/h2,4,8,17H,1,3,5-7,9,14H2. The van der Waals surface area contributed by atoms with Gasteiger partial charge in [-0.3, -0.25) is 4.79 Å². The van der Waals surface area contributed by atoms with Crippen molar-refractivity contribution in [3.8, 4) is 0 Å². The molecule has 1 aliphatic heterocycles. The van der Waals surface area contributed by atoms with Crippen LogP contribution in [-0.2, 0) is 17.8 Å². The molecule has 0 radical (unpaired) electrons. The highest BCUT2D eigenvalue weighted by Gasteiger charge is 2.23. The molecule has 0 spiro atoms. The molecule has 2 N–H and O–H groups in total. The monoisotopic (exact) mass is 250 g/mol. The molecule has 0 fully saturated rings. The van der Waals surface area contributed by atoms with E-state index in [1.165, 1.54) is 5.56 Å². The lowest BCUT2D eigenvalue weighted by atomic mass is 9.98. The number of carbonyl (C=O) groups is 1. The Morgan fingerprint density at radius 3 is 2.88 bits per heavy atom. The van der Waals surface area contributed by atoms with Gasteiger partial charge < -0.3 is 10.6 Å². The molecule has 1 aliphatic rings. The lowest BCUT2D eigenvalue weighted by Gasteiger charge is -2.29. The molecule has 3 nitrogen and oxygen atoms in total. The molecule has 4 heteroatoms. The minimum absolute atomic E-state index is 0.222. The van der Waals surface area contributed by atoms with Crippen LogP contribution in [0.3, 0.4) is 0 Å². The van der Waals surface area contributed by atoms with Crippen LogP contribution in [0.25, 0.3) is 0 Å². The summed E-state index contributed by atoms with van der Waals surface area (Å²) in [6, 6.07) is 6.15. The normalized spacial score (nSPS) is 14.9. The van der Waals surface area contributed by atoms with Gasteiger partial charge in [-0.05, 0) is 35.8 Å². The molecule has 0 aliphatic carbocycles. The van der Waals surface area contributed by atoms with Crippen molar-refractivity contribution in [1.82, 2.24) is 0 Å². The lowest BCUT2D eigenvalue weighted by molar-refractivity contribution is -0.118. The summed E-state index contributed by atoms with van der Waals surface area (Å²) in [7, 11) is 0. The number of fused-ring (bicyclic) bond motifs is 1. The summed E-state index contributed by atoms with van der Waals surface area (Å²) in [5.41, 5.74) is 9.06. The topological polar surface area (TPSA) is 46.3 Å². The van der Waals surface area contributed by atoms with Crippen LogP contribution in [0.15, 0.2) is 18.2 Å². The average Bonchev–Trinajstić information content (AvgIpc) is 2.37. The highest BCUT2D eigenvalue weighted by Crippen LogP contribution is 2.28. The number of rotatable bonds is 4. The van der Waals surface area contributed by atoms with E-state index in [0.29, 0.717) is 13.0 Å². The van der Waals surface area contributed by atoms with Crippen molar-refractivity contribution in [2.24, 2.45) is 5.73 Å². The zero-order valence-electron chi connectivity index (χ0n) is 9.85. The highest BCUT2D eigenvalue weighted by molar-refractivity contribution is 7.80. The quantitative estimate of drug-likeness (QED) is 0.800. The number of carbonyl (C=O) groups excluding carboxylic acids is 1. The fourth-order valence-corrected chi connectivity index (χ4v) is 2.36. The zero-order valence-corrected chi connectivity index (χ0v) is 10.7. The maximum atomic E-state index is 11.9. The maximum Gasteiger partial charge on any atom is 0.227 e. The van der Waals surface area contributed by atoms with Gasteiger partial charge in [0.2, 0.25) is 5.91 Å². The van der Waals surface area contributed by atoms with E-state index >= 15 is 0 Å². The molecule has 0 unspecified atom stereocenters. The van der Waals surface area contributed by atoms with E-state index in [9.17, 15) is 4.79 Å². The van der Waals surface area contributed by atoms with Crippen LogP contribution in [0.2, 0.25) is 0 Å². The number of amides is 1. The Morgan fingerprint density at radius 1 is 1.35 bits per heavy atom. The van der Waals surface area contributed by atoms with Crippen molar-refractivity contribution in [2.45, 2.75) is 25.8 Å². The molecule has 1 amide bonds. The number of nitrogens with zero attached hydrogens (tertiary/aromatic N) is 1. The molecule has 2 rings (SSSR count). The van der Waals surface area contributed by atoms with E-state index in [1.54, 1.807) is 0 Å². The molecule has 17 heavy (non-hydrogen) atoms. The van der Waals surface area contributed by atoms with Crippen LogP contribution in [-0.4, -0.2) is 18.2 Å². The third-order valence-electron chi connectivity index (χ3n) is 3.12. The minimum atomic E-state index is 0.222. The number of aryl methyl sites for hydroxylation is 1. The van der Waals surface area contributed by atoms with Crippen molar-refractivity contribution in [1.29, 1.82) is 0 Å². The molecule has 1 heterocycles. The summed E-state index contributed by atoms with van der Waals surface area (Å²) in [5.74, 6) is 1.03. The number of hydrogen-bond donors (Lipinski definition) is 2. The largest absolute Gasteiger partial charge is 0.326 e. The summed E-state index contributed by atoms with van der Waals surface area (Å²) in [6.07, 6.45) is 2.36. The van der Waals surface area contributed by atoms with E-state index in [0.717, 1.165) is 36.4 Å². The predicted octanol–water partition coefficient (Wildman–Crippen LogP) is 1.74. The van der Waals surface area contributed by atoms with Crippen molar-refractivity contribution >= 4 is 24.2 Å². The van der Waals surface area contributed by atoms with Crippen LogP contribution in [0, 0.1) is 0 Å². The first-order chi connectivity index (χ1) is 8.26. The predicted molar refractivity (Wildman–Crippen MR) is 73.5 cm³/mol. The third-order valence-corrected chi connectivity index (χ3v) is 3.44. The number of hydrogen-bond acceptors (Lipinski definition) is 3. The Hall–Kier alpha value is -1.00. The molecule has 92 valence electrons. The van der Waals surface area contributed by atoms with Crippen LogP contribution in [0.5, 0.6) is 0 Å². The molecular weight excluding hydrogens is 232 g/mol. The first-order valence-corrected chi connectivity index (χ1v) is 6.62. The van der Waals surface area contributed by atoms with Gasteiger partial charge in [-0.25, -0.2) is 0 Å². The molecule has 0 saturated heterocycles. The Labute approximate surface area is 107 Å². The number of nitrogens with two attached hydrogens (primary N) is 1. The van der Waals surface area contributed by atoms with E-state index < -0.39 is 0 Å². The summed E-state index contributed by atoms with van der Waals surface area (Å²) in [4.78, 5) is 13.8. The summed E-state index contributed by atoms with van der Waals surface area (Å²) in [6.45, 7) is 1.31. The Balaban J connectivity index is 2.28.